The predicted molar refractivity (Wildman–Crippen MR) is 117 cm³/mol. The molecule has 0 saturated carbocycles. The summed E-state index contributed by atoms with van der Waals surface area (Å²) < 4.78 is 0. The summed E-state index contributed by atoms with van der Waals surface area (Å²) in [5.41, 5.74) is 9.35. The molecule has 4 rings (SSSR count). The van der Waals surface area contributed by atoms with E-state index in [0.717, 1.165) is 24.9 Å². The molecular formula is C25H32N2O. The van der Waals surface area contributed by atoms with Crippen molar-refractivity contribution in [3.63, 3.8) is 0 Å². The Labute approximate surface area is 169 Å². The number of nitrogens with zero attached hydrogens (tertiary/aromatic N) is 1. The summed E-state index contributed by atoms with van der Waals surface area (Å²) in [6, 6.07) is 11.4. The molecule has 1 saturated heterocycles. The lowest BCUT2D eigenvalue weighted by Gasteiger charge is -2.24. The van der Waals surface area contributed by atoms with Crippen molar-refractivity contribution < 1.29 is 4.79 Å². The second-order valence-corrected chi connectivity index (χ2v) is 8.43. The molecule has 0 bridgehead atoms. The molecule has 148 valence electrons. The van der Waals surface area contributed by atoms with Gasteiger partial charge < -0.3 is 10.2 Å². The van der Waals surface area contributed by atoms with Gasteiger partial charge in [0.05, 0.1) is 0 Å². The molecule has 1 amide bonds. The Hall–Kier alpha value is -2.29. The Balaban J connectivity index is 1.56. The quantitative estimate of drug-likeness (QED) is 0.776. The van der Waals surface area contributed by atoms with Crippen molar-refractivity contribution in [2.45, 2.75) is 65.2 Å². The molecule has 3 nitrogen and oxygen atoms in total. The van der Waals surface area contributed by atoms with E-state index in [1.54, 1.807) is 6.92 Å². The maximum atomic E-state index is 11.8. The van der Waals surface area contributed by atoms with Crippen LogP contribution in [0.2, 0.25) is 0 Å². The van der Waals surface area contributed by atoms with Gasteiger partial charge in [0.25, 0.3) is 0 Å². The Morgan fingerprint density at radius 1 is 1.00 bits per heavy atom. The number of amides is 1. The molecular weight excluding hydrogens is 344 g/mol. The predicted octanol–water partition coefficient (Wildman–Crippen LogP) is 5.22. The lowest BCUT2D eigenvalue weighted by Crippen LogP contribution is -2.17. The van der Waals surface area contributed by atoms with Crippen LogP contribution in [0.4, 0.5) is 11.4 Å². The third-order valence-electron chi connectivity index (χ3n) is 6.33. The first-order valence-electron chi connectivity index (χ1n) is 10.9. The van der Waals surface area contributed by atoms with Crippen molar-refractivity contribution in [1.29, 1.82) is 0 Å². The number of fused-ring (bicyclic) bond motifs is 1. The van der Waals surface area contributed by atoms with Gasteiger partial charge in [0, 0.05) is 31.4 Å². The van der Waals surface area contributed by atoms with E-state index in [0.29, 0.717) is 0 Å². The smallest absolute Gasteiger partial charge is 0.221 e. The average Bonchev–Trinajstić information content (AvgIpc) is 3.23. The van der Waals surface area contributed by atoms with Gasteiger partial charge >= 0.3 is 0 Å². The topological polar surface area (TPSA) is 32.3 Å². The van der Waals surface area contributed by atoms with Gasteiger partial charge in [-0.3, -0.25) is 4.79 Å². The van der Waals surface area contributed by atoms with Gasteiger partial charge in [-0.1, -0.05) is 18.2 Å². The maximum absolute atomic E-state index is 11.8. The Morgan fingerprint density at radius 3 is 2.43 bits per heavy atom. The van der Waals surface area contributed by atoms with Crippen molar-refractivity contribution in [1.82, 2.24) is 0 Å². The van der Waals surface area contributed by atoms with Crippen molar-refractivity contribution in [3.8, 4) is 0 Å². The molecule has 2 aromatic carbocycles. The standard InChI is InChI=1S/C25H32N2O/c1-18-17-21-7-3-4-8-23(21)24(25(18)26-19(2)28)14-11-20-9-12-22(13-10-20)27-15-5-6-16-27/h9-10,12-13,17H,3-8,11,14-16H2,1-2H3,(H,26,28). The molecule has 0 spiro atoms. The van der Waals surface area contributed by atoms with Gasteiger partial charge in [0.2, 0.25) is 5.91 Å². The summed E-state index contributed by atoms with van der Waals surface area (Å²) in [5, 5.41) is 3.13. The zero-order valence-electron chi connectivity index (χ0n) is 17.3. The summed E-state index contributed by atoms with van der Waals surface area (Å²) in [6.07, 6.45) is 9.49. The van der Waals surface area contributed by atoms with Crippen molar-refractivity contribution >= 4 is 17.3 Å². The first-order valence-corrected chi connectivity index (χ1v) is 10.9. The highest BCUT2D eigenvalue weighted by Gasteiger charge is 2.19. The zero-order valence-corrected chi connectivity index (χ0v) is 17.3. The Morgan fingerprint density at radius 2 is 1.71 bits per heavy atom. The highest BCUT2D eigenvalue weighted by molar-refractivity contribution is 5.91. The fourth-order valence-corrected chi connectivity index (χ4v) is 4.90. The van der Waals surface area contributed by atoms with Gasteiger partial charge in [0.1, 0.15) is 0 Å². The van der Waals surface area contributed by atoms with Gasteiger partial charge in [-0.2, -0.15) is 0 Å². The molecule has 1 aliphatic carbocycles. The number of nitrogens with one attached hydrogen (secondary N) is 1. The molecule has 0 unspecified atom stereocenters. The van der Waals surface area contributed by atoms with E-state index in [9.17, 15) is 4.79 Å². The van der Waals surface area contributed by atoms with Crippen LogP contribution in [0.1, 0.15) is 60.4 Å². The second-order valence-electron chi connectivity index (χ2n) is 8.43. The average molecular weight is 377 g/mol. The van der Waals surface area contributed by atoms with Gasteiger partial charge in [0.15, 0.2) is 0 Å². The summed E-state index contributed by atoms with van der Waals surface area (Å²) in [5.74, 6) is 0.0232. The fraction of sp³-hybridized carbons (Fsp3) is 0.480. The largest absolute Gasteiger partial charge is 0.372 e. The van der Waals surface area contributed by atoms with E-state index >= 15 is 0 Å². The molecule has 28 heavy (non-hydrogen) atoms. The minimum Gasteiger partial charge on any atom is -0.372 e. The van der Waals surface area contributed by atoms with E-state index in [1.165, 1.54) is 78.7 Å². The van der Waals surface area contributed by atoms with E-state index in [-0.39, 0.29) is 5.91 Å². The van der Waals surface area contributed by atoms with Gasteiger partial charge in [-0.15, -0.1) is 0 Å². The van der Waals surface area contributed by atoms with Crippen LogP contribution >= 0.6 is 0 Å². The molecule has 1 heterocycles. The first-order chi connectivity index (χ1) is 13.6. The zero-order chi connectivity index (χ0) is 19.5. The number of anilines is 2. The lowest BCUT2D eigenvalue weighted by molar-refractivity contribution is -0.114. The van der Waals surface area contributed by atoms with Crippen molar-refractivity contribution in [3.05, 3.63) is 58.1 Å². The number of benzene rings is 2. The lowest BCUT2D eigenvalue weighted by atomic mass is 9.83. The summed E-state index contributed by atoms with van der Waals surface area (Å²) in [7, 11) is 0. The first kappa shape index (κ1) is 19.0. The fourth-order valence-electron chi connectivity index (χ4n) is 4.90. The number of hydrogen-bond acceptors (Lipinski definition) is 2. The third-order valence-corrected chi connectivity index (χ3v) is 6.33. The minimum atomic E-state index is 0.0232. The molecule has 3 heteroatoms. The molecule has 1 N–H and O–H groups in total. The molecule has 0 atom stereocenters. The highest BCUT2D eigenvalue weighted by Crippen LogP contribution is 2.34. The van der Waals surface area contributed by atoms with Crippen LogP contribution in [0.3, 0.4) is 0 Å². The highest BCUT2D eigenvalue weighted by atomic mass is 16.1. The van der Waals surface area contributed by atoms with E-state index in [2.05, 4.69) is 47.5 Å². The third kappa shape index (κ3) is 4.09. The summed E-state index contributed by atoms with van der Waals surface area (Å²) in [6.45, 7) is 6.12. The van der Waals surface area contributed by atoms with Crippen molar-refractivity contribution in [2.75, 3.05) is 23.3 Å². The monoisotopic (exact) mass is 376 g/mol. The van der Waals surface area contributed by atoms with Crippen LogP contribution in [0.25, 0.3) is 0 Å². The molecule has 2 aromatic rings. The molecule has 0 aromatic heterocycles. The Kier molecular flexibility index (Phi) is 5.70. The number of aryl methyl sites for hydroxylation is 3. The summed E-state index contributed by atoms with van der Waals surface area (Å²) >= 11 is 0. The van der Waals surface area contributed by atoms with Crippen LogP contribution in [0.15, 0.2) is 30.3 Å². The molecule has 2 aliphatic rings. The van der Waals surface area contributed by atoms with Crippen LogP contribution in [0.5, 0.6) is 0 Å². The number of carbonyl (C=O) groups excluding carboxylic acids is 1. The molecule has 1 fully saturated rings. The van der Waals surface area contributed by atoms with E-state index < -0.39 is 0 Å². The van der Waals surface area contributed by atoms with E-state index in [1.807, 2.05) is 0 Å². The molecule has 1 aliphatic heterocycles. The maximum Gasteiger partial charge on any atom is 0.221 e. The van der Waals surface area contributed by atoms with E-state index in [4.69, 9.17) is 0 Å². The Bertz CT molecular complexity index is 848. The van der Waals surface area contributed by atoms with Crippen LogP contribution < -0.4 is 10.2 Å². The van der Waals surface area contributed by atoms with Crippen LogP contribution in [0, 0.1) is 6.92 Å². The van der Waals surface area contributed by atoms with Gasteiger partial charge in [-0.05, 0) is 98.2 Å². The van der Waals surface area contributed by atoms with Crippen LogP contribution in [-0.4, -0.2) is 19.0 Å². The number of hydrogen-bond donors (Lipinski definition) is 1. The number of carbonyl (C=O) groups is 1. The van der Waals surface area contributed by atoms with Gasteiger partial charge in [-0.25, -0.2) is 0 Å². The number of rotatable bonds is 5. The normalized spacial score (nSPS) is 16.1. The summed E-state index contributed by atoms with van der Waals surface area (Å²) in [4.78, 5) is 14.3. The van der Waals surface area contributed by atoms with Crippen molar-refractivity contribution in [2.24, 2.45) is 0 Å². The second kappa shape index (κ2) is 8.38. The molecule has 0 radical (unpaired) electrons. The SMILES string of the molecule is CC(=O)Nc1c(C)cc2c(c1CCc1ccc(N3CCCC3)cc1)CCCC2. The minimum absolute atomic E-state index is 0.0232. The van der Waals surface area contributed by atoms with Crippen LogP contribution in [-0.2, 0) is 30.5 Å².